The quantitative estimate of drug-likeness (QED) is 0.513. The standard InChI is InChI=1S/C19H13NO/c21-17-8-4-7-14-9-10-15-11-12-16(20-19(15)18(14)17)13-5-2-1-3-6-13/h1-12,20H. The molecule has 0 amide bonds. The summed E-state index contributed by atoms with van der Waals surface area (Å²) in [6, 6.07) is 23.7. The van der Waals surface area contributed by atoms with Crippen LogP contribution in [0.25, 0.3) is 32.9 Å². The van der Waals surface area contributed by atoms with E-state index >= 15 is 0 Å². The first-order valence-corrected chi connectivity index (χ1v) is 6.93. The average Bonchev–Trinajstić information content (AvgIpc) is 2.55. The number of rotatable bonds is 1. The van der Waals surface area contributed by atoms with E-state index in [1.54, 1.807) is 12.1 Å². The zero-order chi connectivity index (χ0) is 14.2. The number of benzene rings is 3. The van der Waals surface area contributed by atoms with Crippen molar-refractivity contribution >= 4 is 21.7 Å². The fraction of sp³-hybridized carbons (Fsp3) is 0. The molecule has 0 unspecified atom stereocenters. The summed E-state index contributed by atoms with van der Waals surface area (Å²) in [5.74, 6) is 0. The molecule has 0 saturated heterocycles. The van der Waals surface area contributed by atoms with Crippen LogP contribution in [-0.4, -0.2) is 4.98 Å². The van der Waals surface area contributed by atoms with Gasteiger partial charge in [0.1, 0.15) is 0 Å². The van der Waals surface area contributed by atoms with Gasteiger partial charge in [0.2, 0.25) is 0 Å². The van der Waals surface area contributed by atoms with Gasteiger partial charge in [-0.25, -0.2) is 0 Å². The van der Waals surface area contributed by atoms with Gasteiger partial charge in [0.25, 0.3) is 0 Å². The minimum atomic E-state index is 0.0551. The zero-order valence-corrected chi connectivity index (χ0v) is 11.3. The fourth-order valence-corrected chi connectivity index (χ4v) is 2.77. The normalized spacial score (nSPS) is 11.0. The number of H-pyrrole nitrogens is 1. The largest absolute Gasteiger partial charge is 0.354 e. The molecule has 0 radical (unpaired) electrons. The topological polar surface area (TPSA) is 32.9 Å². The Kier molecular flexibility index (Phi) is 2.61. The van der Waals surface area contributed by atoms with E-state index in [0.717, 1.165) is 32.9 Å². The molecule has 0 fully saturated rings. The summed E-state index contributed by atoms with van der Waals surface area (Å²) < 4.78 is 0. The van der Waals surface area contributed by atoms with Crippen LogP contribution in [-0.2, 0) is 0 Å². The third-order valence-corrected chi connectivity index (χ3v) is 3.81. The van der Waals surface area contributed by atoms with Crippen molar-refractivity contribution in [2.24, 2.45) is 0 Å². The van der Waals surface area contributed by atoms with Gasteiger partial charge in [0.05, 0.1) is 10.9 Å². The van der Waals surface area contributed by atoms with Gasteiger partial charge in [-0.2, -0.15) is 0 Å². The van der Waals surface area contributed by atoms with Crippen molar-refractivity contribution in [1.29, 1.82) is 0 Å². The van der Waals surface area contributed by atoms with E-state index in [9.17, 15) is 4.79 Å². The maximum Gasteiger partial charge on any atom is 0.188 e. The average molecular weight is 271 g/mol. The van der Waals surface area contributed by atoms with Gasteiger partial charge in [-0.3, -0.25) is 4.79 Å². The summed E-state index contributed by atoms with van der Waals surface area (Å²) in [7, 11) is 0. The summed E-state index contributed by atoms with van der Waals surface area (Å²) in [6.07, 6.45) is 0. The number of fused-ring (bicyclic) bond motifs is 3. The molecule has 4 rings (SSSR count). The monoisotopic (exact) mass is 271 g/mol. The third-order valence-electron chi connectivity index (χ3n) is 3.81. The maximum absolute atomic E-state index is 12.2. The maximum atomic E-state index is 12.2. The van der Waals surface area contributed by atoms with Crippen LogP contribution in [0.2, 0.25) is 0 Å². The Balaban J connectivity index is 2.11. The molecule has 2 heteroatoms. The van der Waals surface area contributed by atoms with E-state index < -0.39 is 0 Å². The highest BCUT2D eigenvalue weighted by Crippen LogP contribution is 2.25. The van der Waals surface area contributed by atoms with E-state index in [2.05, 4.69) is 29.2 Å². The molecule has 21 heavy (non-hydrogen) atoms. The summed E-state index contributed by atoms with van der Waals surface area (Å²) in [5, 5.41) is 2.77. The number of nitrogens with one attached hydrogen (secondary N) is 1. The Labute approximate surface area is 121 Å². The SMILES string of the molecule is O=c1cccc2ccc3ccc(-c4ccccc4)[nH]c3c12. The summed E-state index contributed by atoms with van der Waals surface area (Å²) in [4.78, 5) is 15.6. The second kappa shape index (κ2) is 4.60. The van der Waals surface area contributed by atoms with E-state index in [4.69, 9.17) is 0 Å². The Morgan fingerprint density at radius 1 is 0.667 bits per heavy atom. The zero-order valence-electron chi connectivity index (χ0n) is 11.3. The number of hydrogen-bond acceptors (Lipinski definition) is 1. The Morgan fingerprint density at radius 2 is 1.43 bits per heavy atom. The van der Waals surface area contributed by atoms with Crippen molar-refractivity contribution in [3.63, 3.8) is 0 Å². The van der Waals surface area contributed by atoms with Crippen molar-refractivity contribution in [2.45, 2.75) is 0 Å². The smallest absolute Gasteiger partial charge is 0.188 e. The van der Waals surface area contributed by atoms with Gasteiger partial charge >= 0.3 is 0 Å². The molecule has 0 saturated carbocycles. The molecule has 4 aromatic rings. The van der Waals surface area contributed by atoms with Gasteiger partial charge < -0.3 is 4.98 Å². The molecule has 1 aromatic heterocycles. The van der Waals surface area contributed by atoms with Crippen molar-refractivity contribution in [3.05, 3.63) is 83.0 Å². The van der Waals surface area contributed by atoms with Gasteiger partial charge in [-0.05, 0) is 28.5 Å². The fourth-order valence-electron chi connectivity index (χ4n) is 2.77. The van der Waals surface area contributed by atoms with Crippen LogP contribution in [0.4, 0.5) is 0 Å². The molecular weight excluding hydrogens is 258 g/mol. The van der Waals surface area contributed by atoms with E-state index in [1.165, 1.54) is 0 Å². The van der Waals surface area contributed by atoms with Crippen LogP contribution in [0.3, 0.4) is 0 Å². The van der Waals surface area contributed by atoms with Crippen LogP contribution >= 0.6 is 0 Å². The van der Waals surface area contributed by atoms with Crippen molar-refractivity contribution in [2.75, 3.05) is 0 Å². The molecule has 0 bridgehead atoms. The Bertz CT molecular complexity index is 1000. The lowest BCUT2D eigenvalue weighted by Crippen LogP contribution is -2.00. The minimum absolute atomic E-state index is 0.0551. The second-order valence-corrected chi connectivity index (χ2v) is 5.12. The lowest BCUT2D eigenvalue weighted by atomic mass is 10.0. The summed E-state index contributed by atoms with van der Waals surface area (Å²) in [5.41, 5.74) is 3.08. The summed E-state index contributed by atoms with van der Waals surface area (Å²) >= 11 is 0. The van der Waals surface area contributed by atoms with E-state index in [-0.39, 0.29) is 5.43 Å². The molecule has 1 N–H and O–H groups in total. The van der Waals surface area contributed by atoms with Crippen molar-refractivity contribution < 1.29 is 0 Å². The number of pyridine rings is 1. The molecule has 100 valence electrons. The predicted molar refractivity (Wildman–Crippen MR) is 87.5 cm³/mol. The Hall–Kier alpha value is -2.87. The lowest BCUT2D eigenvalue weighted by Gasteiger charge is -2.07. The molecule has 0 aliphatic heterocycles. The number of aromatic amines is 1. The highest BCUT2D eigenvalue weighted by molar-refractivity contribution is 6.05. The van der Waals surface area contributed by atoms with Gasteiger partial charge in [0.15, 0.2) is 5.43 Å². The lowest BCUT2D eigenvalue weighted by molar-refractivity contribution is 1.41. The van der Waals surface area contributed by atoms with Crippen LogP contribution in [0, 0.1) is 0 Å². The highest BCUT2D eigenvalue weighted by atomic mass is 16.1. The second-order valence-electron chi connectivity index (χ2n) is 5.12. The summed E-state index contributed by atoms with van der Waals surface area (Å²) in [6.45, 7) is 0. The molecule has 1 heterocycles. The molecule has 3 aromatic carbocycles. The Morgan fingerprint density at radius 3 is 2.29 bits per heavy atom. The van der Waals surface area contributed by atoms with Crippen LogP contribution in [0.1, 0.15) is 0 Å². The minimum Gasteiger partial charge on any atom is -0.354 e. The molecule has 0 aliphatic carbocycles. The van der Waals surface area contributed by atoms with Crippen molar-refractivity contribution in [3.8, 4) is 11.3 Å². The first-order chi connectivity index (χ1) is 10.3. The van der Waals surface area contributed by atoms with Crippen molar-refractivity contribution in [1.82, 2.24) is 4.98 Å². The van der Waals surface area contributed by atoms with Gasteiger partial charge in [-0.1, -0.05) is 60.7 Å². The highest BCUT2D eigenvalue weighted by Gasteiger charge is 2.06. The predicted octanol–water partition coefficient (Wildman–Crippen LogP) is 4.35. The van der Waals surface area contributed by atoms with E-state index in [1.807, 2.05) is 36.4 Å². The molecule has 0 atom stereocenters. The first-order valence-electron chi connectivity index (χ1n) is 6.93. The van der Waals surface area contributed by atoms with Gasteiger partial charge in [-0.15, -0.1) is 0 Å². The molecule has 0 aliphatic rings. The molecule has 0 spiro atoms. The van der Waals surface area contributed by atoms with Crippen LogP contribution in [0.15, 0.2) is 77.6 Å². The van der Waals surface area contributed by atoms with Crippen LogP contribution in [0.5, 0.6) is 0 Å². The van der Waals surface area contributed by atoms with E-state index in [0.29, 0.717) is 0 Å². The molecule has 2 nitrogen and oxygen atoms in total. The molecular formula is C19H13NO. The number of aromatic nitrogens is 1. The third kappa shape index (κ3) is 1.93. The van der Waals surface area contributed by atoms with Crippen LogP contribution < -0.4 is 5.43 Å². The number of hydrogen-bond donors (Lipinski definition) is 1. The first kappa shape index (κ1) is 11.9. The van der Waals surface area contributed by atoms with Gasteiger partial charge in [0, 0.05) is 5.69 Å².